The summed E-state index contributed by atoms with van der Waals surface area (Å²) in [6.45, 7) is 0.460. The summed E-state index contributed by atoms with van der Waals surface area (Å²) in [5.41, 5.74) is 3.33. The zero-order valence-electron chi connectivity index (χ0n) is 12.6. The van der Waals surface area contributed by atoms with Crippen molar-refractivity contribution >= 4 is 12.6 Å². The SMILES string of the molecule is OB(O)c1ccc(OCc2ccccc2)c(-c2ccccc2)c1. The average Bonchev–Trinajstić information content (AvgIpc) is 2.61. The Morgan fingerprint density at radius 3 is 2.09 bits per heavy atom. The van der Waals surface area contributed by atoms with Gasteiger partial charge in [0.2, 0.25) is 0 Å². The summed E-state index contributed by atoms with van der Waals surface area (Å²) in [5, 5.41) is 18.8. The lowest BCUT2D eigenvalue weighted by atomic mass is 9.79. The van der Waals surface area contributed by atoms with E-state index in [1.165, 1.54) is 0 Å². The second kappa shape index (κ2) is 7.14. The van der Waals surface area contributed by atoms with Crippen LogP contribution in [0.1, 0.15) is 5.56 Å². The Balaban J connectivity index is 1.92. The normalized spacial score (nSPS) is 10.3. The summed E-state index contributed by atoms with van der Waals surface area (Å²) in [4.78, 5) is 0. The van der Waals surface area contributed by atoms with Crippen LogP contribution < -0.4 is 10.2 Å². The van der Waals surface area contributed by atoms with Crippen molar-refractivity contribution in [3.63, 3.8) is 0 Å². The van der Waals surface area contributed by atoms with Crippen LogP contribution in [0.4, 0.5) is 0 Å². The number of hydrogen-bond donors (Lipinski definition) is 2. The lowest BCUT2D eigenvalue weighted by molar-refractivity contribution is 0.307. The van der Waals surface area contributed by atoms with Gasteiger partial charge in [-0.3, -0.25) is 0 Å². The smallest absolute Gasteiger partial charge is 0.488 e. The summed E-state index contributed by atoms with van der Waals surface area (Å²) in [7, 11) is -1.50. The second-order valence-corrected chi connectivity index (χ2v) is 5.27. The third kappa shape index (κ3) is 3.80. The van der Waals surface area contributed by atoms with Crippen molar-refractivity contribution in [2.75, 3.05) is 0 Å². The Morgan fingerprint density at radius 2 is 1.43 bits per heavy atom. The van der Waals surface area contributed by atoms with Crippen LogP contribution in [0.25, 0.3) is 11.1 Å². The number of hydrogen-bond acceptors (Lipinski definition) is 3. The zero-order chi connectivity index (χ0) is 16.1. The monoisotopic (exact) mass is 304 g/mol. The highest BCUT2D eigenvalue weighted by atomic mass is 16.5. The topological polar surface area (TPSA) is 49.7 Å². The first-order valence-corrected chi connectivity index (χ1v) is 7.46. The highest BCUT2D eigenvalue weighted by molar-refractivity contribution is 6.58. The highest BCUT2D eigenvalue weighted by Crippen LogP contribution is 2.29. The molecule has 114 valence electrons. The van der Waals surface area contributed by atoms with Crippen molar-refractivity contribution in [1.82, 2.24) is 0 Å². The molecule has 3 nitrogen and oxygen atoms in total. The third-order valence-electron chi connectivity index (χ3n) is 3.62. The molecule has 0 saturated carbocycles. The minimum atomic E-state index is -1.50. The molecular formula is C19H17BO3. The van der Waals surface area contributed by atoms with Crippen molar-refractivity contribution in [2.45, 2.75) is 6.61 Å². The number of rotatable bonds is 5. The van der Waals surface area contributed by atoms with Crippen molar-refractivity contribution in [3.05, 3.63) is 84.4 Å². The minimum Gasteiger partial charge on any atom is -0.488 e. The average molecular weight is 304 g/mol. The van der Waals surface area contributed by atoms with Crippen molar-refractivity contribution < 1.29 is 14.8 Å². The van der Waals surface area contributed by atoms with Crippen LogP contribution in [-0.2, 0) is 6.61 Å². The van der Waals surface area contributed by atoms with Gasteiger partial charge in [-0.1, -0.05) is 72.8 Å². The molecule has 0 bridgehead atoms. The third-order valence-corrected chi connectivity index (χ3v) is 3.62. The van der Waals surface area contributed by atoms with Gasteiger partial charge in [0.25, 0.3) is 0 Å². The van der Waals surface area contributed by atoms with Crippen LogP contribution >= 0.6 is 0 Å². The van der Waals surface area contributed by atoms with E-state index in [-0.39, 0.29) is 0 Å². The first-order chi connectivity index (χ1) is 11.2. The van der Waals surface area contributed by atoms with E-state index in [0.717, 1.165) is 16.7 Å². The van der Waals surface area contributed by atoms with Crippen LogP contribution in [0.2, 0.25) is 0 Å². The summed E-state index contributed by atoms with van der Waals surface area (Å²) in [6, 6.07) is 24.9. The number of benzene rings is 3. The van der Waals surface area contributed by atoms with E-state index in [1.54, 1.807) is 18.2 Å². The standard InChI is InChI=1S/C19H17BO3/c21-20(22)17-11-12-19(23-14-15-7-3-1-4-8-15)18(13-17)16-9-5-2-6-10-16/h1-13,21-22H,14H2. The summed E-state index contributed by atoms with van der Waals surface area (Å²) < 4.78 is 5.95. The van der Waals surface area contributed by atoms with E-state index in [1.807, 2.05) is 60.7 Å². The molecule has 3 rings (SSSR count). The number of ether oxygens (including phenoxy) is 1. The fraction of sp³-hybridized carbons (Fsp3) is 0.0526. The van der Waals surface area contributed by atoms with Crippen LogP contribution in [-0.4, -0.2) is 17.2 Å². The molecule has 0 fully saturated rings. The summed E-state index contributed by atoms with van der Waals surface area (Å²) in [5.74, 6) is 0.712. The molecule has 0 atom stereocenters. The summed E-state index contributed by atoms with van der Waals surface area (Å²) in [6.07, 6.45) is 0. The molecule has 0 amide bonds. The molecule has 0 saturated heterocycles. The largest absolute Gasteiger partial charge is 0.488 e. The quantitative estimate of drug-likeness (QED) is 0.712. The molecule has 0 radical (unpaired) electrons. The van der Waals surface area contributed by atoms with E-state index < -0.39 is 7.12 Å². The predicted molar refractivity (Wildman–Crippen MR) is 92.5 cm³/mol. The van der Waals surface area contributed by atoms with Gasteiger partial charge in [0.15, 0.2) is 0 Å². The molecular weight excluding hydrogens is 287 g/mol. The van der Waals surface area contributed by atoms with E-state index in [4.69, 9.17) is 4.74 Å². The molecule has 4 heteroatoms. The second-order valence-electron chi connectivity index (χ2n) is 5.27. The Labute approximate surface area is 136 Å². The van der Waals surface area contributed by atoms with Gasteiger partial charge in [0.1, 0.15) is 12.4 Å². The van der Waals surface area contributed by atoms with Crippen molar-refractivity contribution in [1.29, 1.82) is 0 Å². The zero-order valence-corrected chi connectivity index (χ0v) is 12.6. The predicted octanol–water partition coefficient (Wildman–Crippen LogP) is 2.61. The fourth-order valence-electron chi connectivity index (χ4n) is 2.41. The van der Waals surface area contributed by atoms with Crippen molar-refractivity contribution in [3.8, 4) is 16.9 Å². The first kappa shape index (κ1) is 15.3. The van der Waals surface area contributed by atoms with Gasteiger partial charge < -0.3 is 14.8 Å². The Hall–Kier alpha value is -2.56. The molecule has 2 N–H and O–H groups in total. The molecule has 3 aromatic rings. The van der Waals surface area contributed by atoms with E-state index in [2.05, 4.69) is 0 Å². The highest BCUT2D eigenvalue weighted by Gasteiger charge is 2.15. The molecule has 0 aliphatic rings. The molecule has 3 aromatic carbocycles. The molecule has 0 spiro atoms. The van der Waals surface area contributed by atoms with E-state index in [9.17, 15) is 10.0 Å². The van der Waals surface area contributed by atoms with Gasteiger partial charge in [-0.25, -0.2) is 0 Å². The van der Waals surface area contributed by atoms with Gasteiger partial charge in [-0.05, 0) is 22.7 Å². The van der Waals surface area contributed by atoms with E-state index in [0.29, 0.717) is 17.8 Å². The maximum absolute atomic E-state index is 9.41. The molecule has 0 heterocycles. The maximum Gasteiger partial charge on any atom is 0.488 e. The first-order valence-electron chi connectivity index (χ1n) is 7.46. The Kier molecular flexibility index (Phi) is 4.76. The molecule has 0 aliphatic carbocycles. The van der Waals surface area contributed by atoms with Crippen LogP contribution in [0, 0.1) is 0 Å². The molecule has 23 heavy (non-hydrogen) atoms. The Morgan fingerprint density at radius 1 is 0.783 bits per heavy atom. The van der Waals surface area contributed by atoms with E-state index >= 15 is 0 Å². The lowest BCUT2D eigenvalue weighted by Gasteiger charge is -2.13. The Bertz CT molecular complexity index is 758. The van der Waals surface area contributed by atoms with Gasteiger partial charge in [0.05, 0.1) is 0 Å². The van der Waals surface area contributed by atoms with Crippen molar-refractivity contribution in [2.24, 2.45) is 0 Å². The lowest BCUT2D eigenvalue weighted by Crippen LogP contribution is -2.29. The van der Waals surface area contributed by atoms with Gasteiger partial charge in [0, 0.05) is 5.56 Å². The van der Waals surface area contributed by atoms with Gasteiger partial charge in [-0.15, -0.1) is 0 Å². The minimum absolute atomic E-state index is 0.441. The maximum atomic E-state index is 9.41. The van der Waals surface area contributed by atoms with Crippen LogP contribution in [0.3, 0.4) is 0 Å². The molecule has 0 aromatic heterocycles. The van der Waals surface area contributed by atoms with Crippen LogP contribution in [0.5, 0.6) is 5.75 Å². The molecule has 0 aliphatic heterocycles. The fourth-order valence-corrected chi connectivity index (χ4v) is 2.41. The van der Waals surface area contributed by atoms with Crippen LogP contribution in [0.15, 0.2) is 78.9 Å². The molecule has 0 unspecified atom stereocenters. The summed E-state index contributed by atoms with van der Waals surface area (Å²) >= 11 is 0. The van der Waals surface area contributed by atoms with Gasteiger partial charge >= 0.3 is 7.12 Å². The van der Waals surface area contributed by atoms with Gasteiger partial charge in [-0.2, -0.15) is 0 Å².